The van der Waals surface area contributed by atoms with Crippen LogP contribution in [0.4, 0.5) is 0 Å². The van der Waals surface area contributed by atoms with Gasteiger partial charge in [0.1, 0.15) is 6.04 Å². The third-order valence-corrected chi connectivity index (χ3v) is 6.01. The zero-order valence-corrected chi connectivity index (χ0v) is 23.3. The molecule has 0 saturated carbocycles. The highest BCUT2D eigenvalue weighted by Crippen LogP contribution is 2.30. The van der Waals surface area contributed by atoms with E-state index in [9.17, 15) is 24.0 Å². The molecule has 0 aromatic heterocycles. The monoisotopic (exact) mass is 563 g/mol. The lowest BCUT2D eigenvalue weighted by Gasteiger charge is -2.21. The highest BCUT2D eigenvalue weighted by atomic mass is 32.1. The van der Waals surface area contributed by atoms with Gasteiger partial charge in [0.15, 0.2) is 36.0 Å². The molecule has 14 nitrogen and oxygen atoms in total. The van der Waals surface area contributed by atoms with Crippen LogP contribution in [-0.4, -0.2) is 92.5 Å². The summed E-state index contributed by atoms with van der Waals surface area (Å²) in [6, 6.07) is -0.952. The minimum absolute atomic E-state index is 0.254. The van der Waals surface area contributed by atoms with Gasteiger partial charge in [0.05, 0.1) is 14.2 Å². The summed E-state index contributed by atoms with van der Waals surface area (Å²) >= 11 is 3.78. The van der Waals surface area contributed by atoms with Crippen molar-refractivity contribution >= 4 is 42.5 Å². The number of rotatable bonds is 12. The lowest BCUT2D eigenvalue weighted by Crippen LogP contribution is -2.51. The number of amides is 3. The van der Waals surface area contributed by atoms with Crippen LogP contribution in [0.2, 0.25) is 0 Å². The molecule has 5 atom stereocenters. The first-order valence-corrected chi connectivity index (χ1v) is 12.6. The lowest BCUT2D eigenvalue weighted by atomic mass is 10.1. The van der Waals surface area contributed by atoms with Crippen LogP contribution in [0.25, 0.3) is 0 Å². The summed E-state index contributed by atoms with van der Waals surface area (Å²) in [5.41, 5.74) is 0. The van der Waals surface area contributed by atoms with E-state index in [1.807, 2.05) is 0 Å². The van der Waals surface area contributed by atoms with E-state index in [1.54, 1.807) is 27.7 Å². The number of methoxy groups -OCH3 is 2. The van der Waals surface area contributed by atoms with Crippen molar-refractivity contribution in [3.63, 3.8) is 0 Å². The molecule has 2 aliphatic heterocycles. The van der Waals surface area contributed by atoms with E-state index in [0.717, 1.165) is 0 Å². The molecule has 0 aromatic carbocycles. The number of carbonyl (C=O) groups is 5. The SMILES string of the molecule is COC(=O)C1OC(C)(C)OC1C(=O)NCCCCCC(NC(=O)C1OC(C)(C)OC1C(=O)OC)C(=O)NS. The van der Waals surface area contributed by atoms with Crippen molar-refractivity contribution < 1.29 is 52.4 Å². The Balaban J connectivity index is 1.83. The molecule has 2 fully saturated rings. The Hall–Kier alpha value is -2.46. The van der Waals surface area contributed by atoms with Crippen molar-refractivity contribution in [2.45, 2.75) is 95.4 Å². The molecule has 38 heavy (non-hydrogen) atoms. The molecule has 0 radical (unpaired) electrons. The standard InChI is InChI=1S/C23H37N3O11S/c1-22(2)34-13(15(36-22)20(30)32-5)18(28)24-11-9-7-8-10-12(17(27)26-38)25-19(29)14-16(21(31)33-6)37-23(3,4)35-14/h12-16,38H,7-11H2,1-6H3,(H,24,28)(H,25,29)(H,26,27). The highest BCUT2D eigenvalue weighted by Gasteiger charge is 2.51. The minimum atomic E-state index is -1.30. The number of hydrogen-bond acceptors (Lipinski definition) is 12. The van der Waals surface area contributed by atoms with Crippen LogP contribution >= 0.6 is 12.8 Å². The molecule has 2 heterocycles. The number of ether oxygens (including phenoxy) is 6. The van der Waals surface area contributed by atoms with E-state index < -0.39 is 71.7 Å². The molecule has 2 saturated heterocycles. The van der Waals surface area contributed by atoms with Gasteiger partial charge in [-0.3, -0.25) is 14.4 Å². The van der Waals surface area contributed by atoms with Gasteiger partial charge >= 0.3 is 11.9 Å². The van der Waals surface area contributed by atoms with Crippen LogP contribution in [0, 0.1) is 0 Å². The third kappa shape index (κ3) is 8.53. The van der Waals surface area contributed by atoms with E-state index in [4.69, 9.17) is 18.9 Å². The van der Waals surface area contributed by atoms with Crippen LogP contribution in [0.15, 0.2) is 0 Å². The molecule has 0 aromatic rings. The van der Waals surface area contributed by atoms with Crippen LogP contribution in [0.5, 0.6) is 0 Å². The second-order valence-electron chi connectivity index (χ2n) is 9.68. The lowest BCUT2D eigenvalue weighted by molar-refractivity contribution is -0.168. The summed E-state index contributed by atoms with van der Waals surface area (Å²) in [6.45, 7) is 6.57. The summed E-state index contributed by atoms with van der Waals surface area (Å²) in [5.74, 6) is -5.55. The van der Waals surface area contributed by atoms with Gasteiger partial charge in [-0.25, -0.2) is 9.59 Å². The van der Waals surface area contributed by atoms with Crippen molar-refractivity contribution in [2.24, 2.45) is 0 Å². The fraction of sp³-hybridized carbons (Fsp3) is 0.783. The number of esters is 2. The Bertz CT molecular complexity index is 898. The quantitative estimate of drug-likeness (QED) is 0.137. The molecule has 3 N–H and O–H groups in total. The van der Waals surface area contributed by atoms with Crippen LogP contribution in [0.1, 0.15) is 53.4 Å². The fourth-order valence-corrected chi connectivity index (χ4v) is 4.20. The number of unbranched alkanes of at least 4 members (excludes halogenated alkanes) is 2. The molecule has 2 rings (SSSR count). The summed E-state index contributed by atoms with van der Waals surface area (Å²) in [4.78, 5) is 61.6. The number of thiol groups is 1. The molecule has 0 spiro atoms. The molecular weight excluding hydrogens is 526 g/mol. The number of nitrogens with one attached hydrogen (secondary N) is 3. The van der Waals surface area contributed by atoms with Gasteiger partial charge in [-0.05, 0) is 40.5 Å². The molecule has 15 heteroatoms. The van der Waals surface area contributed by atoms with Crippen molar-refractivity contribution in [1.82, 2.24) is 15.4 Å². The molecule has 3 amide bonds. The topological polar surface area (TPSA) is 177 Å². The molecule has 5 unspecified atom stereocenters. The maximum atomic E-state index is 12.8. The van der Waals surface area contributed by atoms with E-state index in [-0.39, 0.29) is 13.0 Å². The van der Waals surface area contributed by atoms with E-state index in [1.165, 1.54) is 14.2 Å². The van der Waals surface area contributed by atoms with Crippen molar-refractivity contribution in [3.05, 3.63) is 0 Å². The van der Waals surface area contributed by atoms with Gasteiger partial charge in [0.25, 0.3) is 17.7 Å². The maximum Gasteiger partial charge on any atom is 0.338 e. The fourth-order valence-electron chi connectivity index (χ4n) is 4.05. The van der Waals surface area contributed by atoms with E-state index in [2.05, 4.69) is 37.6 Å². The second-order valence-corrected chi connectivity index (χ2v) is 9.90. The summed E-state index contributed by atoms with van der Waals surface area (Å²) in [7, 11) is 2.36. The Morgan fingerprint density at radius 2 is 1.24 bits per heavy atom. The number of hydrogen-bond donors (Lipinski definition) is 4. The van der Waals surface area contributed by atoms with E-state index >= 15 is 0 Å². The van der Waals surface area contributed by atoms with Crippen LogP contribution in [0.3, 0.4) is 0 Å². The van der Waals surface area contributed by atoms with Gasteiger partial charge < -0.3 is 43.8 Å². The zero-order valence-electron chi connectivity index (χ0n) is 22.4. The van der Waals surface area contributed by atoms with Crippen molar-refractivity contribution in [3.8, 4) is 0 Å². The summed E-state index contributed by atoms with van der Waals surface area (Å²) in [6.07, 6.45) is -2.98. The van der Waals surface area contributed by atoms with Crippen molar-refractivity contribution in [1.29, 1.82) is 0 Å². The second kappa shape index (κ2) is 13.6. The predicted molar refractivity (Wildman–Crippen MR) is 132 cm³/mol. The molecular formula is C23H37N3O11S. The summed E-state index contributed by atoms with van der Waals surface area (Å²) < 4.78 is 33.6. The Kier molecular flexibility index (Phi) is 11.3. The predicted octanol–water partition coefficient (Wildman–Crippen LogP) is -0.505. The van der Waals surface area contributed by atoms with Gasteiger partial charge in [-0.2, -0.15) is 0 Å². The molecule has 0 bridgehead atoms. The molecule has 0 aliphatic carbocycles. The van der Waals surface area contributed by atoms with Crippen LogP contribution < -0.4 is 15.4 Å². The van der Waals surface area contributed by atoms with Crippen LogP contribution in [-0.2, 0) is 52.4 Å². The number of carbonyl (C=O) groups excluding carboxylic acids is 5. The Labute approximate surface area is 226 Å². The first kappa shape index (κ1) is 31.8. The molecule has 216 valence electrons. The third-order valence-electron chi connectivity index (χ3n) is 5.79. The summed E-state index contributed by atoms with van der Waals surface area (Å²) in [5, 5.41) is 5.28. The first-order chi connectivity index (χ1) is 17.7. The van der Waals surface area contributed by atoms with Gasteiger partial charge in [-0.15, -0.1) is 0 Å². The van der Waals surface area contributed by atoms with Gasteiger partial charge in [0, 0.05) is 6.54 Å². The first-order valence-electron chi connectivity index (χ1n) is 12.1. The smallest absolute Gasteiger partial charge is 0.338 e. The van der Waals surface area contributed by atoms with E-state index in [0.29, 0.717) is 19.3 Å². The molecule has 2 aliphatic rings. The average Bonchev–Trinajstić information content (AvgIpc) is 3.38. The Morgan fingerprint density at radius 3 is 1.71 bits per heavy atom. The zero-order chi connectivity index (χ0) is 28.7. The van der Waals surface area contributed by atoms with Gasteiger partial charge in [-0.1, -0.05) is 25.7 Å². The van der Waals surface area contributed by atoms with Gasteiger partial charge in [0.2, 0.25) is 0 Å². The van der Waals surface area contributed by atoms with Crippen molar-refractivity contribution in [2.75, 3.05) is 20.8 Å². The maximum absolute atomic E-state index is 12.8. The normalized spacial score (nSPS) is 26.2. The minimum Gasteiger partial charge on any atom is -0.467 e. The average molecular weight is 564 g/mol. The largest absolute Gasteiger partial charge is 0.467 e. The Morgan fingerprint density at radius 1 is 0.763 bits per heavy atom. The highest BCUT2D eigenvalue weighted by molar-refractivity contribution is 7.78.